The van der Waals surface area contributed by atoms with Crippen LogP contribution in [0, 0.1) is 11.8 Å². The van der Waals surface area contributed by atoms with Gasteiger partial charge in [0.25, 0.3) is 0 Å². The molecular formula is C18H18O. The molecule has 1 atom stereocenters. The highest BCUT2D eigenvalue weighted by Crippen LogP contribution is 2.06. The van der Waals surface area contributed by atoms with E-state index >= 15 is 0 Å². The summed E-state index contributed by atoms with van der Waals surface area (Å²) in [6, 6.07) is 20.1. The summed E-state index contributed by atoms with van der Waals surface area (Å²) in [4.78, 5) is 0. The Bertz CT molecular complexity index is 534. The molecule has 0 saturated heterocycles. The van der Waals surface area contributed by atoms with Gasteiger partial charge in [0.2, 0.25) is 0 Å². The summed E-state index contributed by atoms with van der Waals surface area (Å²) in [7, 11) is 0. The van der Waals surface area contributed by atoms with Crippen molar-refractivity contribution in [1.82, 2.24) is 0 Å². The van der Waals surface area contributed by atoms with Gasteiger partial charge >= 0.3 is 0 Å². The maximum atomic E-state index is 9.89. The lowest BCUT2D eigenvalue weighted by molar-refractivity contribution is 0.170. The van der Waals surface area contributed by atoms with Crippen LogP contribution in [0.2, 0.25) is 0 Å². The fourth-order valence-corrected chi connectivity index (χ4v) is 1.87. The van der Waals surface area contributed by atoms with Crippen LogP contribution in [-0.4, -0.2) is 11.2 Å². The van der Waals surface area contributed by atoms with Crippen LogP contribution < -0.4 is 0 Å². The highest BCUT2D eigenvalue weighted by molar-refractivity contribution is 5.33. The van der Waals surface area contributed by atoms with Gasteiger partial charge in [-0.05, 0) is 30.5 Å². The fourth-order valence-electron chi connectivity index (χ4n) is 1.87. The standard InChI is InChI=1S/C18H18O/c19-18(15-14-17-10-5-2-6-11-17)13-7-12-16-8-3-1-4-9-16/h1-6,8-11,18-19H,13-15H2. The van der Waals surface area contributed by atoms with E-state index in [1.807, 2.05) is 48.5 Å². The highest BCUT2D eigenvalue weighted by atomic mass is 16.3. The van der Waals surface area contributed by atoms with Gasteiger partial charge in [0.1, 0.15) is 0 Å². The van der Waals surface area contributed by atoms with Crippen LogP contribution in [0.5, 0.6) is 0 Å². The predicted molar refractivity (Wildman–Crippen MR) is 78.7 cm³/mol. The molecule has 0 aliphatic heterocycles. The minimum absolute atomic E-state index is 0.351. The van der Waals surface area contributed by atoms with Crippen molar-refractivity contribution in [1.29, 1.82) is 0 Å². The van der Waals surface area contributed by atoms with E-state index in [1.165, 1.54) is 5.56 Å². The number of aryl methyl sites for hydroxylation is 1. The highest BCUT2D eigenvalue weighted by Gasteiger charge is 2.02. The van der Waals surface area contributed by atoms with Crippen molar-refractivity contribution in [2.45, 2.75) is 25.4 Å². The van der Waals surface area contributed by atoms with Gasteiger partial charge in [-0.2, -0.15) is 0 Å². The Hall–Kier alpha value is -2.04. The first-order valence-corrected chi connectivity index (χ1v) is 6.60. The van der Waals surface area contributed by atoms with E-state index < -0.39 is 0 Å². The molecule has 0 aromatic heterocycles. The molecule has 96 valence electrons. The molecule has 0 radical (unpaired) electrons. The second kappa shape index (κ2) is 7.41. The van der Waals surface area contributed by atoms with E-state index in [0.717, 1.165) is 18.4 Å². The number of hydrogen-bond acceptors (Lipinski definition) is 1. The normalized spacial score (nSPS) is 11.4. The molecule has 1 unspecified atom stereocenters. The molecule has 0 amide bonds. The zero-order chi connectivity index (χ0) is 13.3. The van der Waals surface area contributed by atoms with E-state index in [-0.39, 0.29) is 6.10 Å². The monoisotopic (exact) mass is 250 g/mol. The zero-order valence-corrected chi connectivity index (χ0v) is 10.9. The van der Waals surface area contributed by atoms with Crippen molar-refractivity contribution >= 4 is 0 Å². The molecule has 0 aliphatic carbocycles. The lowest BCUT2D eigenvalue weighted by atomic mass is 10.1. The van der Waals surface area contributed by atoms with Crippen molar-refractivity contribution in [3.8, 4) is 11.8 Å². The lowest BCUT2D eigenvalue weighted by Gasteiger charge is -2.06. The maximum absolute atomic E-state index is 9.89. The molecule has 1 N–H and O–H groups in total. The van der Waals surface area contributed by atoms with E-state index in [0.29, 0.717) is 6.42 Å². The summed E-state index contributed by atoms with van der Waals surface area (Å²) < 4.78 is 0. The predicted octanol–water partition coefficient (Wildman–Crippen LogP) is 3.42. The van der Waals surface area contributed by atoms with Gasteiger partial charge in [0, 0.05) is 12.0 Å². The second-order valence-corrected chi connectivity index (χ2v) is 4.55. The minimum atomic E-state index is -0.351. The third-order valence-corrected chi connectivity index (χ3v) is 2.95. The van der Waals surface area contributed by atoms with E-state index in [4.69, 9.17) is 0 Å². The third-order valence-electron chi connectivity index (χ3n) is 2.95. The Morgan fingerprint density at radius 3 is 2.21 bits per heavy atom. The number of benzene rings is 2. The summed E-state index contributed by atoms with van der Waals surface area (Å²) in [5, 5.41) is 9.89. The molecule has 0 fully saturated rings. The Labute approximate surface area is 114 Å². The third kappa shape index (κ3) is 4.99. The zero-order valence-electron chi connectivity index (χ0n) is 10.9. The Morgan fingerprint density at radius 2 is 1.53 bits per heavy atom. The first kappa shape index (κ1) is 13.4. The molecule has 0 heterocycles. The fraction of sp³-hybridized carbons (Fsp3) is 0.222. The van der Waals surface area contributed by atoms with Crippen LogP contribution in [0.3, 0.4) is 0 Å². The molecule has 0 saturated carbocycles. The Balaban J connectivity index is 1.76. The second-order valence-electron chi connectivity index (χ2n) is 4.55. The summed E-state index contributed by atoms with van der Waals surface area (Å²) in [5.41, 5.74) is 2.26. The smallest absolute Gasteiger partial charge is 0.0652 e. The molecule has 1 heteroatoms. The summed E-state index contributed by atoms with van der Waals surface area (Å²) >= 11 is 0. The minimum Gasteiger partial charge on any atom is -0.392 e. The van der Waals surface area contributed by atoms with E-state index in [1.54, 1.807) is 0 Å². The first-order chi connectivity index (χ1) is 9.34. The Kier molecular flexibility index (Phi) is 5.22. The Morgan fingerprint density at radius 1 is 0.895 bits per heavy atom. The van der Waals surface area contributed by atoms with E-state index in [9.17, 15) is 5.11 Å². The molecule has 0 bridgehead atoms. The van der Waals surface area contributed by atoms with Crippen LogP contribution >= 0.6 is 0 Å². The van der Waals surface area contributed by atoms with Crippen molar-refractivity contribution < 1.29 is 5.11 Å². The number of hydrogen-bond donors (Lipinski definition) is 1. The average Bonchev–Trinajstić information content (AvgIpc) is 2.47. The number of rotatable bonds is 4. The van der Waals surface area contributed by atoms with Crippen LogP contribution in [-0.2, 0) is 6.42 Å². The first-order valence-electron chi connectivity index (χ1n) is 6.60. The van der Waals surface area contributed by atoms with Crippen molar-refractivity contribution in [2.75, 3.05) is 0 Å². The van der Waals surface area contributed by atoms with Crippen LogP contribution in [0.25, 0.3) is 0 Å². The molecule has 2 aromatic rings. The molecule has 19 heavy (non-hydrogen) atoms. The van der Waals surface area contributed by atoms with Crippen LogP contribution in [0.1, 0.15) is 24.0 Å². The van der Waals surface area contributed by atoms with Crippen LogP contribution in [0.15, 0.2) is 60.7 Å². The molecule has 0 aliphatic rings. The van der Waals surface area contributed by atoms with Gasteiger partial charge < -0.3 is 5.11 Å². The maximum Gasteiger partial charge on any atom is 0.0652 e. The van der Waals surface area contributed by atoms with Gasteiger partial charge in [0.15, 0.2) is 0 Å². The largest absolute Gasteiger partial charge is 0.392 e. The molecule has 1 nitrogen and oxygen atoms in total. The SMILES string of the molecule is OC(CC#Cc1ccccc1)CCc1ccccc1. The summed E-state index contributed by atoms with van der Waals surface area (Å²) in [5.74, 6) is 6.10. The van der Waals surface area contributed by atoms with Gasteiger partial charge in [-0.15, -0.1) is 0 Å². The molecule has 2 rings (SSSR count). The number of aliphatic hydroxyl groups excluding tert-OH is 1. The molecule has 2 aromatic carbocycles. The van der Waals surface area contributed by atoms with E-state index in [2.05, 4.69) is 24.0 Å². The molecule has 0 spiro atoms. The lowest BCUT2D eigenvalue weighted by Crippen LogP contribution is -2.06. The molecular weight excluding hydrogens is 232 g/mol. The van der Waals surface area contributed by atoms with Gasteiger partial charge in [-0.1, -0.05) is 60.4 Å². The van der Waals surface area contributed by atoms with Crippen molar-refractivity contribution in [2.24, 2.45) is 0 Å². The summed E-state index contributed by atoms with van der Waals surface area (Å²) in [6.07, 6.45) is 1.83. The average molecular weight is 250 g/mol. The van der Waals surface area contributed by atoms with Gasteiger partial charge in [0.05, 0.1) is 6.10 Å². The van der Waals surface area contributed by atoms with Gasteiger partial charge in [-0.25, -0.2) is 0 Å². The number of aliphatic hydroxyl groups is 1. The van der Waals surface area contributed by atoms with Crippen molar-refractivity contribution in [3.63, 3.8) is 0 Å². The van der Waals surface area contributed by atoms with Gasteiger partial charge in [-0.3, -0.25) is 0 Å². The van der Waals surface area contributed by atoms with Crippen LogP contribution in [0.4, 0.5) is 0 Å². The topological polar surface area (TPSA) is 20.2 Å². The summed E-state index contributed by atoms with van der Waals surface area (Å²) in [6.45, 7) is 0. The quantitative estimate of drug-likeness (QED) is 0.824. The van der Waals surface area contributed by atoms with Crippen molar-refractivity contribution in [3.05, 3.63) is 71.8 Å².